The van der Waals surface area contributed by atoms with Gasteiger partial charge < -0.3 is 9.80 Å². The van der Waals surface area contributed by atoms with Gasteiger partial charge in [0.15, 0.2) is 0 Å². The van der Waals surface area contributed by atoms with Crippen molar-refractivity contribution in [3.05, 3.63) is 217 Å². The maximum absolute atomic E-state index is 2.57. The average Bonchev–Trinajstić information content (AvgIpc) is 3.66. The van der Waals surface area contributed by atoms with Crippen LogP contribution in [0.25, 0.3) is 65.0 Å². The first-order valence-electron chi connectivity index (χ1n) is 24.3. The number of anilines is 6. The van der Waals surface area contributed by atoms with Gasteiger partial charge >= 0.3 is 0 Å². The van der Waals surface area contributed by atoms with Gasteiger partial charge in [0, 0.05) is 38.6 Å². The molecule has 0 aromatic heterocycles. The monoisotopic (exact) mass is 844 g/mol. The molecule has 0 heterocycles. The highest BCUT2D eigenvalue weighted by Gasteiger charge is 2.61. The molecule has 4 fully saturated rings. The number of nitrogens with zero attached hydrogens (tertiary/aromatic N) is 2. The van der Waals surface area contributed by atoms with E-state index < -0.39 is 0 Å². The Labute approximate surface area is 385 Å². The van der Waals surface area contributed by atoms with E-state index in [1.54, 1.807) is 11.1 Å². The van der Waals surface area contributed by atoms with Crippen molar-refractivity contribution >= 4 is 88.0 Å². The highest BCUT2D eigenvalue weighted by molar-refractivity contribution is 6.28. The second-order valence-electron chi connectivity index (χ2n) is 20.0. The van der Waals surface area contributed by atoms with Crippen LogP contribution < -0.4 is 9.80 Å². The van der Waals surface area contributed by atoms with E-state index in [1.165, 1.54) is 126 Å². The molecule has 0 atom stereocenters. The Morgan fingerprint density at radius 3 is 1.53 bits per heavy atom. The second-order valence-corrected chi connectivity index (χ2v) is 20.0. The minimum absolute atomic E-state index is 0.146. The van der Waals surface area contributed by atoms with E-state index >= 15 is 0 Å². The minimum atomic E-state index is 0.146. The average molecular weight is 845 g/mol. The van der Waals surface area contributed by atoms with E-state index in [2.05, 4.69) is 216 Å². The van der Waals surface area contributed by atoms with Gasteiger partial charge in [-0.1, -0.05) is 152 Å². The molecule has 2 heteroatoms. The molecular formula is C64H48N2. The smallest absolute Gasteiger partial charge is 0.0546 e. The standard InChI is InChI=1S/C64H48N2/c1-3-14-47(15-4-1)65(49-27-30-58-56(39-49)52-20-11-12-22-57(52)64(58)45-34-40-33-41(36-45)37-46(64)35-40)59-31-25-42-24-29-55-60(32-26-43-23-28-54(59)62(42)63(43)55)66(48-16-5-2-6-17-48)61-38-44-13-7-8-18-50(44)51-19-9-10-21-53(51)61/h1-32,38-41,45-46H,33-37H2. The fourth-order valence-electron chi connectivity index (χ4n) is 14.7. The summed E-state index contributed by atoms with van der Waals surface area (Å²) in [5, 5.41) is 12.6. The number of fused-ring (bicyclic) bond motifs is 6. The summed E-state index contributed by atoms with van der Waals surface area (Å²) in [7, 11) is 0. The van der Waals surface area contributed by atoms with Crippen LogP contribution in [0.4, 0.5) is 34.1 Å². The number of para-hydroxylation sites is 2. The molecule has 1 spiro atoms. The zero-order valence-corrected chi connectivity index (χ0v) is 36.9. The molecular weight excluding hydrogens is 797 g/mol. The maximum Gasteiger partial charge on any atom is 0.0546 e. The normalized spacial score (nSPS) is 21.4. The summed E-state index contributed by atoms with van der Waals surface area (Å²) in [6.07, 6.45) is 7.04. The molecule has 0 N–H and O–H groups in total. The van der Waals surface area contributed by atoms with Gasteiger partial charge in [-0.05, 0) is 170 Å². The lowest BCUT2D eigenvalue weighted by molar-refractivity contribution is -0.0399. The van der Waals surface area contributed by atoms with Gasteiger partial charge in [-0.25, -0.2) is 0 Å². The number of hydrogen-bond donors (Lipinski definition) is 0. The van der Waals surface area contributed by atoms with Crippen molar-refractivity contribution in [3.8, 4) is 11.1 Å². The molecule has 0 unspecified atom stereocenters. The lowest BCUT2D eigenvalue weighted by Gasteiger charge is -2.61. The van der Waals surface area contributed by atoms with E-state index in [4.69, 9.17) is 0 Å². The fourth-order valence-corrected chi connectivity index (χ4v) is 14.7. The van der Waals surface area contributed by atoms with Crippen molar-refractivity contribution in [2.45, 2.75) is 37.5 Å². The molecule has 2 nitrogen and oxygen atoms in total. The van der Waals surface area contributed by atoms with Crippen LogP contribution in [0.5, 0.6) is 0 Å². The summed E-state index contributed by atoms with van der Waals surface area (Å²) in [6.45, 7) is 0. The van der Waals surface area contributed by atoms with Gasteiger partial charge in [0.1, 0.15) is 0 Å². The number of hydrogen-bond acceptors (Lipinski definition) is 2. The third-order valence-corrected chi connectivity index (χ3v) is 16.9. The largest absolute Gasteiger partial charge is 0.310 e. The first-order valence-corrected chi connectivity index (χ1v) is 24.3. The molecule has 4 bridgehead atoms. The van der Waals surface area contributed by atoms with Crippen molar-refractivity contribution in [3.63, 3.8) is 0 Å². The summed E-state index contributed by atoms with van der Waals surface area (Å²) in [6, 6.07) is 78.1. The Kier molecular flexibility index (Phi) is 7.71. The quantitative estimate of drug-likeness (QED) is 0.154. The van der Waals surface area contributed by atoms with Crippen molar-refractivity contribution in [2.75, 3.05) is 9.80 Å². The van der Waals surface area contributed by atoms with Crippen molar-refractivity contribution < 1.29 is 0 Å². The highest BCUT2D eigenvalue weighted by Crippen LogP contribution is 2.69. The maximum atomic E-state index is 2.57. The van der Waals surface area contributed by atoms with Crippen LogP contribution in [0.2, 0.25) is 0 Å². The number of benzene rings is 11. The molecule has 11 aromatic rings. The third-order valence-electron chi connectivity index (χ3n) is 16.9. The molecule has 5 aliphatic rings. The number of rotatable bonds is 6. The Bertz CT molecular complexity index is 3710. The first-order chi connectivity index (χ1) is 32.7. The first kappa shape index (κ1) is 36.9. The van der Waals surface area contributed by atoms with E-state index in [-0.39, 0.29) is 5.41 Å². The summed E-state index contributed by atoms with van der Waals surface area (Å²) in [5.41, 5.74) is 13.3. The molecule has 5 aliphatic carbocycles. The SMILES string of the molecule is c1ccc(N(c2ccc3c(c2)-c2ccccc2C32C3CC4CC(C3)CC2C4)c2ccc3ccc4c(N(c5ccccc5)c5cc6ccccc6c6ccccc56)ccc5ccc2c3c54)cc1. The van der Waals surface area contributed by atoms with Crippen LogP contribution in [-0.2, 0) is 5.41 Å². The van der Waals surface area contributed by atoms with Crippen molar-refractivity contribution in [1.82, 2.24) is 0 Å². The zero-order chi connectivity index (χ0) is 43.1. The topological polar surface area (TPSA) is 6.48 Å². The molecule has 4 saturated carbocycles. The van der Waals surface area contributed by atoms with Crippen LogP contribution in [0, 0.1) is 23.7 Å². The lowest BCUT2D eigenvalue weighted by Crippen LogP contribution is -2.55. The van der Waals surface area contributed by atoms with E-state index in [9.17, 15) is 0 Å². The molecule has 0 amide bonds. The fraction of sp³-hybridized carbons (Fsp3) is 0.156. The predicted octanol–water partition coefficient (Wildman–Crippen LogP) is 17.6. The Morgan fingerprint density at radius 1 is 0.318 bits per heavy atom. The molecule has 16 rings (SSSR count). The molecule has 11 aromatic carbocycles. The molecule has 0 saturated heterocycles. The van der Waals surface area contributed by atoms with Gasteiger partial charge in [0.2, 0.25) is 0 Å². The molecule has 0 radical (unpaired) electrons. The van der Waals surface area contributed by atoms with Crippen molar-refractivity contribution in [1.29, 1.82) is 0 Å². The van der Waals surface area contributed by atoms with Gasteiger partial charge in [-0.2, -0.15) is 0 Å². The lowest BCUT2D eigenvalue weighted by atomic mass is 9.43. The van der Waals surface area contributed by atoms with E-state index in [0.29, 0.717) is 0 Å². The minimum Gasteiger partial charge on any atom is -0.310 e. The highest BCUT2D eigenvalue weighted by atomic mass is 15.2. The second kappa shape index (κ2) is 13.8. The van der Waals surface area contributed by atoms with Crippen LogP contribution in [0.15, 0.2) is 206 Å². The van der Waals surface area contributed by atoms with Crippen molar-refractivity contribution in [2.24, 2.45) is 23.7 Å². The van der Waals surface area contributed by atoms with E-state index in [0.717, 1.165) is 29.4 Å². The summed E-state index contributed by atoms with van der Waals surface area (Å²) in [4.78, 5) is 5.03. The summed E-state index contributed by atoms with van der Waals surface area (Å²) in [5.74, 6) is 3.33. The van der Waals surface area contributed by atoms with E-state index in [1.807, 2.05) is 0 Å². The predicted molar refractivity (Wildman–Crippen MR) is 278 cm³/mol. The Morgan fingerprint density at radius 2 is 0.848 bits per heavy atom. The summed E-state index contributed by atoms with van der Waals surface area (Å²) < 4.78 is 0. The van der Waals surface area contributed by atoms with Gasteiger partial charge in [-0.3, -0.25) is 0 Å². The summed E-state index contributed by atoms with van der Waals surface area (Å²) >= 11 is 0. The van der Waals surface area contributed by atoms with Gasteiger partial charge in [0.25, 0.3) is 0 Å². The van der Waals surface area contributed by atoms with Crippen LogP contribution >= 0.6 is 0 Å². The Hall–Kier alpha value is -7.42. The van der Waals surface area contributed by atoms with Crippen LogP contribution in [0.1, 0.15) is 43.2 Å². The van der Waals surface area contributed by atoms with Crippen LogP contribution in [-0.4, -0.2) is 0 Å². The Balaban J connectivity index is 0.947. The van der Waals surface area contributed by atoms with Gasteiger partial charge in [0.05, 0.1) is 17.1 Å². The molecule has 0 aliphatic heterocycles. The molecule has 314 valence electrons. The van der Waals surface area contributed by atoms with Crippen LogP contribution in [0.3, 0.4) is 0 Å². The molecule has 66 heavy (non-hydrogen) atoms. The third kappa shape index (κ3) is 5.02. The zero-order valence-electron chi connectivity index (χ0n) is 36.9. The van der Waals surface area contributed by atoms with Gasteiger partial charge in [-0.15, -0.1) is 0 Å².